The number of carbonyl (C=O) groups is 2. The predicted molar refractivity (Wildman–Crippen MR) is 138 cm³/mol. The van der Waals surface area contributed by atoms with Gasteiger partial charge in [0.2, 0.25) is 5.91 Å². The third kappa shape index (κ3) is 4.94. The monoisotopic (exact) mass is 491 g/mol. The molecule has 1 aliphatic heterocycles. The van der Waals surface area contributed by atoms with Gasteiger partial charge in [0.15, 0.2) is 5.65 Å². The predicted octanol–water partition coefficient (Wildman–Crippen LogP) is 2.21. The third-order valence-corrected chi connectivity index (χ3v) is 6.46. The fourth-order valence-electron chi connectivity index (χ4n) is 4.50. The van der Waals surface area contributed by atoms with Gasteiger partial charge in [0.25, 0.3) is 11.5 Å². The van der Waals surface area contributed by atoms with E-state index < -0.39 is 6.04 Å². The van der Waals surface area contributed by atoms with Crippen molar-refractivity contribution in [2.75, 3.05) is 13.1 Å². The number of hydrogen-bond acceptors (Lipinski definition) is 6. The maximum Gasteiger partial charge on any atom is 0.253 e. The third-order valence-electron chi connectivity index (χ3n) is 6.46. The van der Waals surface area contributed by atoms with Crippen molar-refractivity contribution in [1.82, 2.24) is 30.0 Å². The number of carbonyl (C=O) groups excluding carboxylic acids is 2. The Kier molecular flexibility index (Phi) is 7.07. The van der Waals surface area contributed by atoms with Gasteiger partial charge in [-0.25, -0.2) is 9.67 Å². The number of aryl methyl sites for hydroxylation is 2. The molecule has 10 heteroatoms. The average Bonchev–Trinajstić information content (AvgIpc) is 3.26. The van der Waals surface area contributed by atoms with Crippen LogP contribution in [0.5, 0.6) is 0 Å². The molecule has 0 spiro atoms. The topological polar surface area (TPSA) is 139 Å². The van der Waals surface area contributed by atoms with Gasteiger partial charge < -0.3 is 20.9 Å². The quantitative estimate of drug-likeness (QED) is 0.483. The van der Waals surface area contributed by atoms with Gasteiger partial charge in [-0.05, 0) is 64.3 Å². The zero-order valence-electron chi connectivity index (χ0n) is 21.4. The molecule has 1 aliphatic rings. The van der Waals surface area contributed by atoms with Gasteiger partial charge in [0.1, 0.15) is 0 Å². The molecule has 3 aromatic rings. The zero-order chi connectivity index (χ0) is 26.1. The van der Waals surface area contributed by atoms with E-state index in [9.17, 15) is 14.4 Å². The van der Waals surface area contributed by atoms with Gasteiger partial charge in [0, 0.05) is 36.9 Å². The van der Waals surface area contributed by atoms with E-state index in [4.69, 9.17) is 10.7 Å². The molecule has 0 bridgehead atoms. The first-order valence-electron chi connectivity index (χ1n) is 12.2. The van der Waals surface area contributed by atoms with E-state index in [2.05, 4.69) is 15.4 Å². The molecule has 0 radical (unpaired) electrons. The fourth-order valence-corrected chi connectivity index (χ4v) is 4.50. The van der Waals surface area contributed by atoms with Crippen molar-refractivity contribution < 1.29 is 9.59 Å². The molecule has 4 heterocycles. The van der Waals surface area contributed by atoms with Gasteiger partial charge in [-0.1, -0.05) is 6.08 Å². The number of nitrogens with one attached hydrogen (secondary N) is 2. The SMILES string of the molecule is Cc1cc(C)c(CNC(=O)c2cc(C3=CCN(C(=O)[C@H](C)N)CC3)nc3c2cnn3C(C)C)c(=O)[nH]1. The van der Waals surface area contributed by atoms with Crippen molar-refractivity contribution in [3.8, 4) is 0 Å². The van der Waals surface area contributed by atoms with Crippen molar-refractivity contribution in [3.05, 3.63) is 62.8 Å². The van der Waals surface area contributed by atoms with Gasteiger partial charge in [-0.3, -0.25) is 14.4 Å². The second kappa shape index (κ2) is 10.1. The van der Waals surface area contributed by atoms with Crippen LogP contribution in [0.15, 0.2) is 29.2 Å². The summed E-state index contributed by atoms with van der Waals surface area (Å²) in [6, 6.07) is 3.15. The van der Waals surface area contributed by atoms with Crippen LogP contribution >= 0.6 is 0 Å². The first kappa shape index (κ1) is 25.3. The van der Waals surface area contributed by atoms with Crippen LogP contribution in [0.4, 0.5) is 0 Å². The number of pyridine rings is 2. The summed E-state index contributed by atoms with van der Waals surface area (Å²) in [6.07, 6.45) is 4.22. The number of rotatable bonds is 6. The molecule has 4 N–H and O–H groups in total. The maximum absolute atomic E-state index is 13.4. The Morgan fingerprint density at radius 3 is 2.58 bits per heavy atom. The van der Waals surface area contributed by atoms with E-state index in [1.165, 1.54) is 0 Å². The van der Waals surface area contributed by atoms with Crippen molar-refractivity contribution >= 4 is 28.4 Å². The van der Waals surface area contributed by atoms with Crippen molar-refractivity contribution in [3.63, 3.8) is 0 Å². The molecule has 2 amide bonds. The van der Waals surface area contributed by atoms with Crippen LogP contribution in [0.1, 0.15) is 66.1 Å². The Morgan fingerprint density at radius 2 is 1.97 bits per heavy atom. The number of aromatic nitrogens is 4. The van der Waals surface area contributed by atoms with E-state index in [-0.39, 0.29) is 30.0 Å². The van der Waals surface area contributed by atoms with Crippen LogP contribution < -0.4 is 16.6 Å². The van der Waals surface area contributed by atoms with Crippen LogP contribution in [0.3, 0.4) is 0 Å². The first-order valence-corrected chi connectivity index (χ1v) is 12.2. The second-order valence-electron chi connectivity index (χ2n) is 9.65. The summed E-state index contributed by atoms with van der Waals surface area (Å²) in [4.78, 5) is 47.4. The standard InChI is InChI=1S/C26H33N7O3/c1-14(2)33-23-21(13-29-33)19(24(34)28-12-20-15(3)10-16(4)30-25(20)35)11-22(31-23)18-6-8-32(9-7-18)26(36)17(5)27/h6,10-11,13-14,17H,7-9,12,27H2,1-5H3,(H,28,34)(H,30,35)/t17-/m0/s1. The molecule has 0 aliphatic carbocycles. The maximum atomic E-state index is 13.4. The normalized spacial score (nSPS) is 14.8. The van der Waals surface area contributed by atoms with Crippen molar-refractivity contribution in [2.24, 2.45) is 5.73 Å². The van der Waals surface area contributed by atoms with Gasteiger partial charge in [-0.2, -0.15) is 5.10 Å². The molecule has 0 saturated carbocycles. The van der Waals surface area contributed by atoms with Crippen LogP contribution in [0, 0.1) is 13.8 Å². The molecule has 4 rings (SSSR count). The summed E-state index contributed by atoms with van der Waals surface area (Å²) >= 11 is 0. The molecule has 0 aromatic carbocycles. The van der Waals surface area contributed by atoms with Crippen molar-refractivity contribution in [2.45, 2.75) is 59.7 Å². The summed E-state index contributed by atoms with van der Waals surface area (Å²) < 4.78 is 1.79. The second-order valence-corrected chi connectivity index (χ2v) is 9.65. The summed E-state index contributed by atoms with van der Waals surface area (Å²) in [6.45, 7) is 10.4. The Morgan fingerprint density at radius 1 is 1.22 bits per heavy atom. The average molecular weight is 492 g/mol. The highest BCUT2D eigenvalue weighted by Crippen LogP contribution is 2.27. The van der Waals surface area contributed by atoms with E-state index in [0.29, 0.717) is 47.4 Å². The Labute approximate surface area is 209 Å². The van der Waals surface area contributed by atoms with Crippen LogP contribution in [0.25, 0.3) is 16.6 Å². The summed E-state index contributed by atoms with van der Waals surface area (Å²) in [5.74, 6) is -0.399. The number of aromatic amines is 1. The largest absolute Gasteiger partial charge is 0.348 e. The Balaban J connectivity index is 1.68. The highest BCUT2D eigenvalue weighted by molar-refractivity contribution is 6.06. The number of nitrogens with two attached hydrogens (primary N) is 1. The van der Waals surface area contributed by atoms with Gasteiger partial charge in [0.05, 0.1) is 28.9 Å². The minimum atomic E-state index is -0.547. The Bertz CT molecular complexity index is 1410. The lowest BCUT2D eigenvalue weighted by Gasteiger charge is -2.28. The van der Waals surface area contributed by atoms with Gasteiger partial charge in [-0.15, -0.1) is 0 Å². The minimum Gasteiger partial charge on any atom is -0.348 e. The smallest absolute Gasteiger partial charge is 0.253 e. The molecular formula is C26H33N7O3. The molecule has 0 saturated heterocycles. The molecule has 10 nitrogen and oxygen atoms in total. The number of fused-ring (bicyclic) bond motifs is 1. The molecule has 190 valence electrons. The van der Waals surface area contributed by atoms with Crippen LogP contribution in [-0.2, 0) is 11.3 Å². The lowest BCUT2D eigenvalue weighted by molar-refractivity contribution is -0.131. The van der Waals surface area contributed by atoms with Gasteiger partial charge >= 0.3 is 0 Å². The minimum absolute atomic E-state index is 0.0504. The molecule has 36 heavy (non-hydrogen) atoms. The zero-order valence-corrected chi connectivity index (χ0v) is 21.4. The summed E-state index contributed by atoms with van der Waals surface area (Å²) in [7, 11) is 0. The lowest BCUT2D eigenvalue weighted by Crippen LogP contribution is -2.43. The van der Waals surface area contributed by atoms with E-state index in [1.807, 2.05) is 39.8 Å². The summed E-state index contributed by atoms with van der Waals surface area (Å²) in [5.41, 5.74) is 10.4. The number of amides is 2. The highest BCUT2D eigenvalue weighted by Gasteiger charge is 2.24. The lowest BCUT2D eigenvalue weighted by atomic mass is 10.0. The first-order chi connectivity index (χ1) is 17.1. The molecule has 1 atom stereocenters. The van der Waals surface area contributed by atoms with E-state index in [0.717, 1.165) is 16.8 Å². The molecular weight excluding hydrogens is 458 g/mol. The molecule has 0 fully saturated rings. The molecule has 3 aromatic heterocycles. The van der Waals surface area contributed by atoms with Crippen molar-refractivity contribution in [1.29, 1.82) is 0 Å². The number of hydrogen-bond donors (Lipinski definition) is 3. The summed E-state index contributed by atoms with van der Waals surface area (Å²) in [5, 5.41) is 8.01. The van der Waals surface area contributed by atoms with E-state index >= 15 is 0 Å². The number of H-pyrrole nitrogens is 1. The van der Waals surface area contributed by atoms with E-state index in [1.54, 1.807) is 28.8 Å². The fraction of sp³-hybridized carbons (Fsp3) is 0.423. The highest BCUT2D eigenvalue weighted by atomic mass is 16.2. The van der Waals surface area contributed by atoms with Crippen LogP contribution in [-0.4, -0.2) is 55.6 Å². The molecule has 0 unspecified atom stereocenters. The number of nitrogens with zero attached hydrogens (tertiary/aromatic N) is 4. The van der Waals surface area contributed by atoms with Crippen LogP contribution in [0.2, 0.25) is 0 Å². The Hall–Kier alpha value is -3.79.